The van der Waals surface area contributed by atoms with Gasteiger partial charge in [0.25, 0.3) is 0 Å². The molecule has 0 aromatic carbocycles. The molecule has 3 unspecified atom stereocenters. The van der Waals surface area contributed by atoms with Crippen LogP contribution in [-0.4, -0.2) is 77.9 Å². The van der Waals surface area contributed by atoms with Crippen LogP contribution < -0.4 is 0 Å². The molecule has 306 valence electrons. The highest BCUT2D eigenvalue weighted by Crippen LogP contribution is 2.43. The van der Waals surface area contributed by atoms with Crippen LogP contribution in [-0.2, 0) is 37.4 Å². The number of phosphoric ester groups is 1. The van der Waals surface area contributed by atoms with Crippen molar-refractivity contribution < 1.29 is 52.5 Å². The summed E-state index contributed by atoms with van der Waals surface area (Å²) < 4.78 is 38.5. The van der Waals surface area contributed by atoms with Crippen LogP contribution in [0.1, 0.15) is 175 Å². The summed E-state index contributed by atoms with van der Waals surface area (Å²) in [5.41, 5.74) is 0. The number of carbonyl (C=O) groups excluding carboxylic acids is 2. The lowest BCUT2D eigenvalue weighted by molar-refractivity contribution is -0.161. The summed E-state index contributed by atoms with van der Waals surface area (Å²) in [5, 5.41) is 18.3. The molecule has 1 fully saturated rings. The maximum atomic E-state index is 12.6. The Balaban J connectivity index is 2.27. The zero-order valence-electron chi connectivity index (χ0n) is 32.9. The third-order valence-electron chi connectivity index (χ3n) is 9.27. The lowest BCUT2D eigenvalue weighted by Crippen LogP contribution is -2.29. The first-order valence-corrected chi connectivity index (χ1v) is 22.1. The van der Waals surface area contributed by atoms with Gasteiger partial charge in [0.2, 0.25) is 0 Å². The van der Waals surface area contributed by atoms with E-state index in [9.17, 15) is 24.2 Å². The molecule has 3 N–H and O–H groups in total. The number of ether oxygens (including phenoxy) is 3. The minimum Gasteiger partial charge on any atom is -0.462 e. The van der Waals surface area contributed by atoms with E-state index in [2.05, 4.69) is 37.4 Å². The van der Waals surface area contributed by atoms with Crippen LogP contribution in [0.5, 0.6) is 0 Å². The van der Waals surface area contributed by atoms with Crippen LogP contribution in [0.3, 0.4) is 0 Å². The molecule has 1 aliphatic heterocycles. The third-order valence-corrected chi connectivity index (χ3v) is 10.2. The summed E-state index contributed by atoms with van der Waals surface area (Å²) in [6.07, 6.45) is 27.7. The number of phosphoric acid groups is 1. The van der Waals surface area contributed by atoms with Gasteiger partial charge in [-0.25, -0.2) is 4.57 Å². The van der Waals surface area contributed by atoms with Crippen molar-refractivity contribution in [3.63, 3.8) is 0 Å². The van der Waals surface area contributed by atoms with Crippen LogP contribution in [0.4, 0.5) is 0 Å². The highest BCUT2D eigenvalue weighted by atomic mass is 31.2. The van der Waals surface area contributed by atoms with Crippen LogP contribution in [0, 0.1) is 5.92 Å². The first-order chi connectivity index (χ1) is 25.1. The summed E-state index contributed by atoms with van der Waals surface area (Å²) in [4.78, 5) is 34.9. The highest BCUT2D eigenvalue weighted by Gasteiger charge is 2.36. The molecule has 0 spiro atoms. The molecule has 0 aromatic rings. The van der Waals surface area contributed by atoms with E-state index in [-0.39, 0.29) is 19.4 Å². The molecule has 12 heteroatoms. The number of hydrogen-bond donors (Lipinski definition) is 3. The Labute approximate surface area is 315 Å². The number of aliphatic hydroxyl groups is 2. The van der Waals surface area contributed by atoms with Gasteiger partial charge in [-0.1, -0.05) is 136 Å². The van der Waals surface area contributed by atoms with Crippen LogP contribution in [0.25, 0.3) is 0 Å². The fourth-order valence-corrected chi connectivity index (χ4v) is 6.74. The molecule has 0 amide bonds. The molecule has 0 saturated carbocycles. The van der Waals surface area contributed by atoms with Crippen LogP contribution >= 0.6 is 7.82 Å². The predicted molar refractivity (Wildman–Crippen MR) is 205 cm³/mol. The summed E-state index contributed by atoms with van der Waals surface area (Å²) in [7, 11) is -4.62. The molecule has 1 heterocycles. The fourth-order valence-electron chi connectivity index (χ4n) is 5.95. The van der Waals surface area contributed by atoms with E-state index in [1.807, 2.05) is 0 Å². The minimum absolute atomic E-state index is 0.164. The zero-order chi connectivity index (χ0) is 38.3. The first-order valence-electron chi connectivity index (χ1n) is 20.6. The average Bonchev–Trinajstić information content (AvgIpc) is 3.87. The van der Waals surface area contributed by atoms with E-state index in [1.54, 1.807) is 0 Å². The molecular weight excluding hydrogens is 687 g/mol. The van der Waals surface area contributed by atoms with Gasteiger partial charge in [-0.15, -0.1) is 0 Å². The van der Waals surface area contributed by atoms with Gasteiger partial charge in [0.15, 0.2) is 6.10 Å². The van der Waals surface area contributed by atoms with Crippen LogP contribution in [0.2, 0.25) is 0 Å². The topological polar surface area (TPSA) is 161 Å². The van der Waals surface area contributed by atoms with Crippen molar-refractivity contribution in [3.8, 4) is 0 Å². The lowest BCUT2D eigenvalue weighted by atomic mass is 10.0. The third kappa shape index (κ3) is 30.0. The molecular formula is C40H75O11P. The van der Waals surface area contributed by atoms with Crippen molar-refractivity contribution in [2.75, 3.05) is 26.4 Å². The van der Waals surface area contributed by atoms with Gasteiger partial charge < -0.3 is 29.3 Å². The molecule has 0 aliphatic carbocycles. The van der Waals surface area contributed by atoms with Crippen molar-refractivity contribution in [2.24, 2.45) is 5.92 Å². The number of rotatable bonds is 37. The molecule has 11 nitrogen and oxygen atoms in total. The molecule has 52 heavy (non-hydrogen) atoms. The van der Waals surface area contributed by atoms with E-state index in [4.69, 9.17) is 23.8 Å². The molecule has 0 bridgehead atoms. The monoisotopic (exact) mass is 763 g/mol. The molecule has 1 saturated heterocycles. The summed E-state index contributed by atoms with van der Waals surface area (Å²) >= 11 is 0. The lowest BCUT2D eigenvalue weighted by Gasteiger charge is -2.20. The SMILES string of the molecule is CCCCC/C=C\CC1OC1CCCCCCCC(=O)O[C@H](COC(=O)CCCCCCCCCCCCC(C)C)COP(=O)(O)OC[C@@H](O)CO. The second-order valence-electron chi connectivity index (χ2n) is 14.9. The minimum atomic E-state index is -4.62. The molecule has 1 aliphatic rings. The summed E-state index contributed by atoms with van der Waals surface area (Å²) in [5.74, 6) is -0.156. The van der Waals surface area contributed by atoms with Gasteiger partial charge >= 0.3 is 19.8 Å². The number of carbonyl (C=O) groups is 2. The van der Waals surface area contributed by atoms with E-state index in [0.717, 1.165) is 70.1 Å². The normalized spacial score (nSPS) is 18.1. The van der Waals surface area contributed by atoms with Crippen molar-refractivity contribution >= 4 is 19.8 Å². The van der Waals surface area contributed by atoms with Crippen LogP contribution in [0.15, 0.2) is 12.2 Å². The van der Waals surface area contributed by atoms with E-state index >= 15 is 0 Å². The van der Waals surface area contributed by atoms with E-state index in [0.29, 0.717) is 25.0 Å². The highest BCUT2D eigenvalue weighted by molar-refractivity contribution is 7.47. The number of epoxide rings is 1. The Morgan fingerprint density at radius 2 is 1.31 bits per heavy atom. The summed E-state index contributed by atoms with van der Waals surface area (Å²) in [6.45, 7) is 4.63. The molecule has 0 radical (unpaired) electrons. The van der Waals surface area contributed by atoms with Crippen molar-refractivity contribution in [2.45, 2.75) is 199 Å². The van der Waals surface area contributed by atoms with Gasteiger partial charge in [-0.2, -0.15) is 0 Å². The Morgan fingerprint density at radius 3 is 1.92 bits per heavy atom. The Kier molecular flexibility index (Phi) is 29.9. The Bertz CT molecular complexity index is 960. The Morgan fingerprint density at radius 1 is 0.731 bits per heavy atom. The van der Waals surface area contributed by atoms with Gasteiger partial charge in [-0.05, 0) is 44.4 Å². The maximum Gasteiger partial charge on any atom is 0.472 e. The number of hydrogen-bond acceptors (Lipinski definition) is 10. The van der Waals surface area contributed by atoms with Crippen molar-refractivity contribution in [3.05, 3.63) is 12.2 Å². The van der Waals surface area contributed by atoms with E-state index in [1.165, 1.54) is 64.2 Å². The smallest absolute Gasteiger partial charge is 0.462 e. The van der Waals surface area contributed by atoms with Gasteiger partial charge in [-0.3, -0.25) is 18.6 Å². The van der Waals surface area contributed by atoms with Crippen molar-refractivity contribution in [1.29, 1.82) is 0 Å². The molecule has 5 atom stereocenters. The summed E-state index contributed by atoms with van der Waals surface area (Å²) in [6, 6.07) is 0. The second-order valence-corrected chi connectivity index (χ2v) is 16.3. The maximum absolute atomic E-state index is 12.6. The number of esters is 2. The van der Waals surface area contributed by atoms with E-state index < -0.39 is 51.8 Å². The average molecular weight is 763 g/mol. The number of allylic oxidation sites excluding steroid dienone is 1. The number of aliphatic hydroxyl groups excluding tert-OH is 2. The quantitative estimate of drug-likeness (QED) is 0.0182. The second kappa shape index (κ2) is 32.0. The van der Waals surface area contributed by atoms with Gasteiger partial charge in [0.1, 0.15) is 12.7 Å². The van der Waals surface area contributed by atoms with Gasteiger partial charge in [0, 0.05) is 12.8 Å². The Hall–Kier alpha value is -1.33. The number of unbranched alkanes of at least 4 members (excludes halogenated alkanes) is 16. The standard InChI is InChI=1S/C40H75O11P/c1-4-5-6-7-16-21-26-37-38(51-37)27-22-17-14-19-24-29-40(44)50-36(33-49-52(45,46)48-31-35(42)30-41)32-47-39(43)28-23-18-13-11-9-8-10-12-15-20-25-34(2)3/h16,21,34-38,41-42H,4-15,17-20,22-33H2,1-3H3,(H,45,46)/b21-16-/t35-,36+,37?,38?/m0/s1. The fraction of sp³-hybridized carbons (Fsp3) is 0.900. The van der Waals surface area contributed by atoms with Crippen molar-refractivity contribution in [1.82, 2.24) is 0 Å². The first kappa shape index (κ1) is 48.7. The molecule has 1 rings (SSSR count). The van der Waals surface area contributed by atoms with Gasteiger partial charge in [0.05, 0.1) is 32.0 Å². The largest absolute Gasteiger partial charge is 0.472 e. The molecule has 0 aromatic heterocycles. The zero-order valence-corrected chi connectivity index (χ0v) is 33.8. The predicted octanol–water partition coefficient (Wildman–Crippen LogP) is 9.29.